The minimum absolute atomic E-state index is 0.0412. The first-order valence-corrected chi connectivity index (χ1v) is 24.1. The predicted molar refractivity (Wildman–Crippen MR) is 239 cm³/mol. The number of hydrogen-bond donors (Lipinski definition) is 0. The van der Waals surface area contributed by atoms with Gasteiger partial charge in [-0.2, -0.15) is 0 Å². The average molecular weight is 852 g/mol. The number of aryl methyl sites for hydroxylation is 1. The Balaban J connectivity index is 2.50. The molecule has 0 aliphatic heterocycles. The Morgan fingerprint density at radius 3 is 1.58 bits per heavy atom. The molecular weight excluding hydrogens is 763 g/mol. The molecule has 0 amide bonds. The van der Waals surface area contributed by atoms with E-state index in [2.05, 4.69) is 24.2 Å². The highest BCUT2D eigenvalue weighted by molar-refractivity contribution is 5.70. The Bertz CT molecular complexity index is 1210. The Labute approximate surface area is 365 Å². The van der Waals surface area contributed by atoms with Crippen LogP contribution in [0.2, 0.25) is 0 Å². The molecule has 0 aromatic carbocycles. The van der Waals surface area contributed by atoms with Crippen LogP contribution in [0.15, 0.2) is 6.20 Å². The summed E-state index contributed by atoms with van der Waals surface area (Å²) >= 11 is 0. The van der Waals surface area contributed by atoms with E-state index in [1.165, 1.54) is 96.3 Å². The lowest BCUT2D eigenvalue weighted by Crippen LogP contribution is -2.32. The van der Waals surface area contributed by atoms with Gasteiger partial charge in [-0.1, -0.05) is 141 Å². The highest BCUT2D eigenvalue weighted by Crippen LogP contribution is 2.20. The molecule has 60 heavy (non-hydrogen) atoms. The number of carbonyl (C=O) groups excluding carboxylic acids is 3. The molecule has 1 aromatic rings. The van der Waals surface area contributed by atoms with Gasteiger partial charge in [0.2, 0.25) is 0 Å². The zero-order chi connectivity index (χ0) is 44.2. The molecule has 350 valence electrons. The van der Waals surface area contributed by atoms with Gasteiger partial charge in [0.15, 0.2) is 6.10 Å². The number of unbranched alkanes of at least 4 members (excludes halogenated alkanes) is 19. The fraction of sp³-hybridized carbons (Fsp3) is 0.896. The number of esters is 3. The molecule has 1 rings (SSSR count). The molecule has 1 unspecified atom stereocenters. The van der Waals surface area contributed by atoms with Crippen molar-refractivity contribution in [2.45, 2.75) is 239 Å². The van der Waals surface area contributed by atoms with E-state index in [1.54, 1.807) is 18.0 Å². The SMILES string of the molecule is CCCCCCCCCCCCCC(=O)OCC(Cn1cc(CCC(=O)OCCOC(C)(C)CCOC(C)(C)CCOC)nn1)OC(=O)CCCCCCCCCCCC. The summed E-state index contributed by atoms with van der Waals surface area (Å²) in [5.74, 6) is -0.926. The molecule has 1 heterocycles. The molecule has 12 heteroatoms. The number of carbonyl (C=O) groups is 3. The second kappa shape index (κ2) is 36.0. The Morgan fingerprint density at radius 1 is 0.583 bits per heavy atom. The minimum Gasteiger partial charge on any atom is -0.463 e. The van der Waals surface area contributed by atoms with Crippen molar-refractivity contribution in [1.82, 2.24) is 15.0 Å². The zero-order valence-corrected chi connectivity index (χ0v) is 39.5. The van der Waals surface area contributed by atoms with Crippen molar-refractivity contribution in [2.75, 3.05) is 40.1 Å². The van der Waals surface area contributed by atoms with Gasteiger partial charge in [0.25, 0.3) is 0 Å². The quantitative estimate of drug-likeness (QED) is 0.0353. The number of rotatable bonds is 42. The smallest absolute Gasteiger partial charge is 0.306 e. The van der Waals surface area contributed by atoms with Gasteiger partial charge >= 0.3 is 17.9 Å². The molecule has 0 N–H and O–H groups in total. The molecule has 0 saturated carbocycles. The minimum atomic E-state index is -0.695. The van der Waals surface area contributed by atoms with Crippen LogP contribution in [0.5, 0.6) is 0 Å². The number of hydrogen-bond acceptors (Lipinski definition) is 11. The van der Waals surface area contributed by atoms with E-state index in [1.807, 2.05) is 27.7 Å². The third-order valence-electron chi connectivity index (χ3n) is 11.0. The molecule has 0 radical (unpaired) electrons. The molecule has 0 aliphatic carbocycles. The summed E-state index contributed by atoms with van der Waals surface area (Å²) in [7, 11) is 1.69. The number of ether oxygens (including phenoxy) is 6. The maximum atomic E-state index is 12.9. The third kappa shape index (κ3) is 33.1. The van der Waals surface area contributed by atoms with Crippen LogP contribution >= 0.6 is 0 Å². The van der Waals surface area contributed by atoms with Crippen LogP contribution < -0.4 is 0 Å². The normalized spacial score (nSPS) is 12.4. The van der Waals surface area contributed by atoms with E-state index >= 15 is 0 Å². The van der Waals surface area contributed by atoms with Gasteiger partial charge in [-0.3, -0.25) is 14.4 Å². The monoisotopic (exact) mass is 852 g/mol. The first-order chi connectivity index (χ1) is 28.9. The Hall–Kier alpha value is -2.57. The van der Waals surface area contributed by atoms with Gasteiger partial charge < -0.3 is 28.4 Å². The largest absolute Gasteiger partial charge is 0.463 e. The summed E-state index contributed by atoms with van der Waals surface area (Å²) < 4.78 is 35.6. The molecule has 12 nitrogen and oxygen atoms in total. The van der Waals surface area contributed by atoms with Gasteiger partial charge in [-0.05, 0) is 53.4 Å². The molecule has 0 spiro atoms. The van der Waals surface area contributed by atoms with E-state index in [-0.39, 0.29) is 56.3 Å². The van der Waals surface area contributed by atoms with Crippen molar-refractivity contribution >= 4 is 17.9 Å². The van der Waals surface area contributed by atoms with Crippen LogP contribution in [0.4, 0.5) is 0 Å². The topological polar surface area (TPSA) is 137 Å². The van der Waals surface area contributed by atoms with Crippen LogP contribution in [0.25, 0.3) is 0 Å². The van der Waals surface area contributed by atoms with Crippen LogP contribution in [0.3, 0.4) is 0 Å². The third-order valence-corrected chi connectivity index (χ3v) is 11.0. The lowest BCUT2D eigenvalue weighted by Gasteiger charge is -2.29. The second-order valence-electron chi connectivity index (χ2n) is 17.9. The summed E-state index contributed by atoms with van der Waals surface area (Å²) in [6.45, 7) is 14.4. The van der Waals surface area contributed by atoms with Crippen molar-refractivity contribution in [3.8, 4) is 0 Å². The predicted octanol–water partition coefficient (Wildman–Crippen LogP) is 11.2. The van der Waals surface area contributed by atoms with Gasteiger partial charge in [-0.25, -0.2) is 4.68 Å². The molecule has 1 atom stereocenters. The first-order valence-electron chi connectivity index (χ1n) is 24.1. The van der Waals surface area contributed by atoms with Gasteiger partial charge in [0.1, 0.15) is 13.2 Å². The summed E-state index contributed by atoms with van der Waals surface area (Å²) in [5, 5.41) is 8.43. The fourth-order valence-electron chi connectivity index (χ4n) is 6.91. The van der Waals surface area contributed by atoms with E-state index in [0.29, 0.717) is 44.6 Å². The van der Waals surface area contributed by atoms with Crippen molar-refractivity contribution in [2.24, 2.45) is 0 Å². The molecule has 0 saturated heterocycles. The van der Waals surface area contributed by atoms with Crippen LogP contribution in [-0.2, 0) is 55.8 Å². The number of aromatic nitrogens is 3. The summed E-state index contributed by atoms with van der Waals surface area (Å²) in [4.78, 5) is 38.0. The van der Waals surface area contributed by atoms with Gasteiger partial charge in [0.05, 0.1) is 43.1 Å². The summed E-state index contributed by atoms with van der Waals surface area (Å²) in [6, 6.07) is 0. The lowest BCUT2D eigenvalue weighted by molar-refractivity contribution is -0.160. The maximum absolute atomic E-state index is 12.9. The van der Waals surface area contributed by atoms with Gasteiger partial charge in [0, 0.05) is 39.2 Å². The molecule has 0 bridgehead atoms. The van der Waals surface area contributed by atoms with Crippen molar-refractivity contribution < 1.29 is 42.8 Å². The fourth-order valence-corrected chi connectivity index (χ4v) is 6.91. The maximum Gasteiger partial charge on any atom is 0.306 e. The van der Waals surface area contributed by atoms with E-state index in [4.69, 9.17) is 28.4 Å². The molecule has 0 aliphatic rings. The van der Waals surface area contributed by atoms with E-state index < -0.39 is 11.7 Å². The van der Waals surface area contributed by atoms with Crippen LogP contribution in [0.1, 0.15) is 214 Å². The first kappa shape index (κ1) is 55.4. The summed E-state index contributed by atoms with van der Waals surface area (Å²) in [5.41, 5.74) is -0.0818. The van der Waals surface area contributed by atoms with Crippen molar-refractivity contribution in [3.63, 3.8) is 0 Å². The number of methoxy groups -OCH3 is 1. The Kier molecular flexibility index (Phi) is 33.2. The lowest BCUT2D eigenvalue weighted by atomic mass is 10.0. The van der Waals surface area contributed by atoms with Crippen molar-refractivity contribution in [1.29, 1.82) is 0 Å². The second-order valence-corrected chi connectivity index (χ2v) is 17.9. The van der Waals surface area contributed by atoms with E-state index in [0.717, 1.165) is 44.9 Å². The highest BCUT2D eigenvalue weighted by atomic mass is 16.6. The molecular formula is C48H89N3O9. The summed E-state index contributed by atoms with van der Waals surface area (Å²) in [6.07, 6.45) is 28.9. The van der Waals surface area contributed by atoms with E-state index in [9.17, 15) is 14.4 Å². The standard InChI is InChI=1S/C48H89N3O9/c1-8-10-12-14-16-18-20-22-23-25-27-29-44(52)57-41-43(60-46(54)30-28-26-24-21-19-17-15-13-11-9-2)40-51-39-42(49-50-51)31-32-45(53)56-37-38-59-48(5,6)34-36-58-47(3,4)33-35-55-7/h39,43H,8-38,40-41H2,1-7H3. The van der Waals surface area contributed by atoms with Crippen LogP contribution in [0, 0.1) is 0 Å². The van der Waals surface area contributed by atoms with Crippen molar-refractivity contribution in [3.05, 3.63) is 11.9 Å². The van der Waals surface area contributed by atoms with Crippen LogP contribution in [-0.4, -0.2) is 90.4 Å². The Morgan fingerprint density at radius 2 is 1.05 bits per heavy atom. The average Bonchev–Trinajstić information content (AvgIpc) is 3.66. The molecule has 1 aromatic heterocycles. The number of nitrogens with zero attached hydrogens (tertiary/aromatic N) is 3. The highest BCUT2D eigenvalue weighted by Gasteiger charge is 2.23. The molecule has 0 fully saturated rings. The zero-order valence-electron chi connectivity index (χ0n) is 39.5. The van der Waals surface area contributed by atoms with Gasteiger partial charge in [-0.15, -0.1) is 5.10 Å².